The van der Waals surface area contributed by atoms with E-state index >= 15 is 0 Å². The third-order valence-corrected chi connectivity index (χ3v) is 3.22. The van der Waals surface area contributed by atoms with Gasteiger partial charge >= 0.3 is 0 Å². The Labute approximate surface area is 102 Å². The van der Waals surface area contributed by atoms with Crippen molar-refractivity contribution in [2.24, 2.45) is 11.1 Å². The van der Waals surface area contributed by atoms with Gasteiger partial charge in [-0.05, 0) is 20.3 Å². The normalized spacial score (nSPS) is 14.4. The summed E-state index contributed by atoms with van der Waals surface area (Å²) in [5.74, 6) is 0.726. The minimum atomic E-state index is -0.503. The predicted molar refractivity (Wildman–Crippen MR) is 65.0 cm³/mol. The summed E-state index contributed by atoms with van der Waals surface area (Å²) >= 11 is 0. The van der Waals surface area contributed by atoms with E-state index in [1.807, 2.05) is 25.3 Å². The molecule has 0 bridgehead atoms. The highest BCUT2D eigenvalue weighted by Crippen LogP contribution is 2.19. The molecule has 0 aliphatic heterocycles. The number of nitrogens with zero attached hydrogens (tertiary/aromatic N) is 3. The van der Waals surface area contributed by atoms with Gasteiger partial charge in [-0.25, -0.2) is 0 Å². The second-order valence-corrected chi connectivity index (χ2v) is 4.33. The molecule has 3 N–H and O–H groups in total. The SMILES string of the molecule is CCn1cnnc1CNC(=O)C(C)(CC)CN. The number of nitrogens with two attached hydrogens (primary N) is 1. The maximum atomic E-state index is 12.0. The van der Waals surface area contributed by atoms with Gasteiger partial charge in [-0.15, -0.1) is 10.2 Å². The largest absolute Gasteiger partial charge is 0.348 e. The summed E-state index contributed by atoms with van der Waals surface area (Å²) in [6.45, 7) is 7.36. The monoisotopic (exact) mass is 239 g/mol. The minimum Gasteiger partial charge on any atom is -0.348 e. The van der Waals surface area contributed by atoms with Gasteiger partial charge in [0.2, 0.25) is 5.91 Å². The van der Waals surface area contributed by atoms with E-state index in [0.717, 1.165) is 18.8 Å². The second kappa shape index (κ2) is 5.77. The van der Waals surface area contributed by atoms with Gasteiger partial charge in [0.15, 0.2) is 5.82 Å². The number of nitrogens with one attached hydrogen (secondary N) is 1. The Morgan fingerprint density at radius 2 is 2.29 bits per heavy atom. The molecule has 1 amide bonds. The zero-order valence-electron chi connectivity index (χ0n) is 10.7. The predicted octanol–water partition coefficient (Wildman–Crippen LogP) is 0.289. The van der Waals surface area contributed by atoms with Gasteiger partial charge in [0.1, 0.15) is 6.33 Å². The molecule has 0 aromatic carbocycles. The maximum Gasteiger partial charge on any atom is 0.227 e. The van der Waals surface area contributed by atoms with E-state index < -0.39 is 5.41 Å². The number of hydrogen-bond donors (Lipinski definition) is 2. The quantitative estimate of drug-likeness (QED) is 0.747. The third-order valence-electron chi connectivity index (χ3n) is 3.22. The molecular weight excluding hydrogens is 218 g/mol. The van der Waals surface area contributed by atoms with Gasteiger partial charge in [-0.3, -0.25) is 4.79 Å². The van der Waals surface area contributed by atoms with Crippen molar-refractivity contribution in [3.63, 3.8) is 0 Å². The molecule has 0 fully saturated rings. The van der Waals surface area contributed by atoms with Crippen LogP contribution in [-0.2, 0) is 17.9 Å². The van der Waals surface area contributed by atoms with Gasteiger partial charge in [-0.1, -0.05) is 6.92 Å². The van der Waals surface area contributed by atoms with Crippen LogP contribution in [0.25, 0.3) is 0 Å². The van der Waals surface area contributed by atoms with Crippen molar-refractivity contribution >= 4 is 5.91 Å². The fourth-order valence-electron chi connectivity index (χ4n) is 1.45. The molecule has 0 aliphatic rings. The molecule has 1 unspecified atom stereocenters. The molecule has 0 saturated heterocycles. The number of hydrogen-bond acceptors (Lipinski definition) is 4. The Kier molecular flexibility index (Phi) is 4.62. The lowest BCUT2D eigenvalue weighted by atomic mass is 9.87. The van der Waals surface area contributed by atoms with E-state index in [1.54, 1.807) is 6.33 Å². The van der Waals surface area contributed by atoms with E-state index in [1.165, 1.54) is 0 Å². The Morgan fingerprint density at radius 1 is 1.59 bits per heavy atom. The third kappa shape index (κ3) is 3.03. The first-order chi connectivity index (χ1) is 8.07. The first-order valence-electron chi connectivity index (χ1n) is 5.92. The van der Waals surface area contributed by atoms with Gasteiger partial charge in [0, 0.05) is 13.1 Å². The van der Waals surface area contributed by atoms with Crippen LogP contribution >= 0.6 is 0 Å². The van der Waals surface area contributed by atoms with Crippen molar-refractivity contribution in [2.75, 3.05) is 6.54 Å². The molecule has 0 spiro atoms. The molecule has 1 atom stereocenters. The summed E-state index contributed by atoms with van der Waals surface area (Å²) in [5, 5.41) is 10.6. The molecular formula is C11H21N5O. The van der Waals surface area contributed by atoms with E-state index in [4.69, 9.17) is 5.73 Å². The molecule has 0 aliphatic carbocycles. The van der Waals surface area contributed by atoms with Crippen LogP contribution in [0.4, 0.5) is 0 Å². The van der Waals surface area contributed by atoms with Gasteiger partial charge in [0.05, 0.1) is 12.0 Å². The number of carbonyl (C=O) groups is 1. The highest BCUT2D eigenvalue weighted by atomic mass is 16.2. The molecule has 1 heterocycles. The van der Waals surface area contributed by atoms with Crippen molar-refractivity contribution in [1.82, 2.24) is 20.1 Å². The summed E-state index contributed by atoms with van der Waals surface area (Å²) < 4.78 is 1.89. The van der Waals surface area contributed by atoms with Crippen LogP contribution in [0.1, 0.15) is 33.0 Å². The summed E-state index contributed by atoms with van der Waals surface area (Å²) in [7, 11) is 0. The molecule has 1 aromatic rings. The topological polar surface area (TPSA) is 85.8 Å². The van der Waals surface area contributed by atoms with Crippen LogP contribution in [0.5, 0.6) is 0 Å². The number of amides is 1. The molecule has 17 heavy (non-hydrogen) atoms. The van der Waals surface area contributed by atoms with E-state index in [2.05, 4.69) is 15.5 Å². The van der Waals surface area contributed by atoms with E-state index in [0.29, 0.717) is 13.1 Å². The Balaban J connectivity index is 2.59. The number of carbonyl (C=O) groups excluding carboxylic acids is 1. The van der Waals surface area contributed by atoms with Crippen molar-refractivity contribution < 1.29 is 4.79 Å². The number of rotatable bonds is 6. The summed E-state index contributed by atoms with van der Waals surface area (Å²) in [6.07, 6.45) is 2.37. The lowest BCUT2D eigenvalue weighted by Gasteiger charge is -2.24. The Morgan fingerprint density at radius 3 is 2.82 bits per heavy atom. The Hall–Kier alpha value is -1.43. The van der Waals surface area contributed by atoms with Crippen LogP contribution in [0.3, 0.4) is 0 Å². The van der Waals surface area contributed by atoms with Gasteiger partial charge < -0.3 is 15.6 Å². The highest BCUT2D eigenvalue weighted by Gasteiger charge is 2.29. The zero-order chi connectivity index (χ0) is 12.9. The summed E-state index contributed by atoms with van der Waals surface area (Å²) in [4.78, 5) is 12.0. The van der Waals surface area contributed by atoms with Gasteiger partial charge in [-0.2, -0.15) is 0 Å². The van der Waals surface area contributed by atoms with Crippen molar-refractivity contribution in [3.05, 3.63) is 12.2 Å². The second-order valence-electron chi connectivity index (χ2n) is 4.33. The first kappa shape index (κ1) is 13.6. The van der Waals surface area contributed by atoms with E-state index in [-0.39, 0.29) is 5.91 Å². The first-order valence-corrected chi connectivity index (χ1v) is 5.92. The average Bonchev–Trinajstić information content (AvgIpc) is 2.82. The molecule has 96 valence electrons. The molecule has 0 radical (unpaired) electrons. The van der Waals surface area contributed by atoms with Crippen LogP contribution in [0, 0.1) is 5.41 Å². The standard InChI is InChI=1S/C11H21N5O/c1-4-11(3,7-12)10(17)13-6-9-15-14-8-16(9)5-2/h8H,4-7,12H2,1-3H3,(H,13,17). The highest BCUT2D eigenvalue weighted by molar-refractivity contribution is 5.82. The van der Waals surface area contributed by atoms with Crippen LogP contribution in [0.15, 0.2) is 6.33 Å². The minimum absolute atomic E-state index is 0.0341. The molecule has 1 rings (SSSR count). The van der Waals surface area contributed by atoms with Crippen molar-refractivity contribution in [2.45, 2.75) is 40.3 Å². The fraction of sp³-hybridized carbons (Fsp3) is 0.727. The zero-order valence-corrected chi connectivity index (χ0v) is 10.7. The lowest BCUT2D eigenvalue weighted by molar-refractivity contribution is -0.130. The molecule has 6 heteroatoms. The van der Waals surface area contributed by atoms with Crippen LogP contribution in [0.2, 0.25) is 0 Å². The lowest BCUT2D eigenvalue weighted by Crippen LogP contribution is -2.43. The maximum absolute atomic E-state index is 12.0. The fourth-order valence-corrected chi connectivity index (χ4v) is 1.45. The van der Waals surface area contributed by atoms with Crippen molar-refractivity contribution in [3.8, 4) is 0 Å². The number of aryl methyl sites for hydroxylation is 1. The van der Waals surface area contributed by atoms with Crippen LogP contribution in [-0.4, -0.2) is 27.2 Å². The Bertz CT molecular complexity index is 370. The van der Waals surface area contributed by atoms with Crippen molar-refractivity contribution in [1.29, 1.82) is 0 Å². The summed E-state index contributed by atoms with van der Waals surface area (Å²) in [6, 6.07) is 0. The van der Waals surface area contributed by atoms with Crippen LogP contribution < -0.4 is 11.1 Å². The smallest absolute Gasteiger partial charge is 0.227 e. The number of aromatic nitrogens is 3. The van der Waals surface area contributed by atoms with E-state index in [9.17, 15) is 4.79 Å². The molecule has 1 aromatic heterocycles. The summed E-state index contributed by atoms with van der Waals surface area (Å²) in [5.41, 5.74) is 5.13. The average molecular weight is 239 g/mol. The van der Waals surface area contributed by atoms with Gasteiger partial charge in [0.25, 0.3) is 0 Å². The molecule has 0 saturated carbocycles. The molecule has 6 nitrogen and oxygen atoms in total.